The SMILES string of the molecule is Cc1cc(O)ccc1C(=O)Nc1ccncc1N. The Morgan fingerprint density at radius 3 is 2.83 bits per heavy atom. The van der Waals surface area contributed by atoms with Crippen molar-refractivity contribution in [2.45, 2.75) is 6.92 Å². The molecule has 0 aliphatic rings. The second-order valence-electron chi connectivity index (χ2n) is 3.92. The number of nitrogens with one attached hydrogen (secondary N) is 1. The fraction of sp³-hybridized carbons (Fsp3) is 0.0769. The number of aryl methyl sites for hydroxylation is 1. The molecule has 2 rings (SSSR count). The van der Waals surface area contributed by atoms with Crippen molar-refractivity contribution in [3.63, 3.8) is 0 Å². The molecule has 0 fully saturated rings. The van der Waals surface area contributed by atoms with Gasteiger partial charge in [0.05, 0.1) is 17.6 Å². The molecule has 0 aliphatic carbocycles. The van der Waals surface area contributed by atoms with Gasteiger partial charge in [0, 0.05) is 11.8 Å². The molecular weight excluding hydrogens is 230 g/mol. The number of nitrogen functional groups attached to an aromatic ring is 1. The third-order valence-corrected chi connectivity index (χ3v) is 2.55. The smallest absolute Gasteiger partial charge is 0.255 e. The first-order chi connectivity index (χ1) is 8.58. The molecule has 5 nitrogen and oxygen atoms in total. The molecule has 5 heteroatoms. The van der Waals surface area contributed by atoms with Crippen molar-refractivity contribution in [3.8, 4) is 5.75 Å². The van der Waals surface area contributed by atoms with Crippen LogP contribution in [0.4, 0.5) is 11.4 Å². The van der Waals surface area contributed by atoms with E-state index >= 15 is 0 Å². The molecule has 92 valence electrons. The van der Waals surface area contributed by atoms with Gasteiger partial charge in [-0.05, 0) is 36.8 Å². The van der Waals surface area contributed by atoms with E-state index in [0.717, 1.165) is 0 Å². The summed E-state index contributed by atoms with van der Waals surface area (Å²) in [5, 5.41) is 12.0. The molecule has 1 heterocycles. The lowest BCUT2D eigenvalue weighted by Crippen LogP contribution is -2.14. The zero-order valence-corrected chi connectivity index (χ0v) is 9.84. The molecule has 0 unspecified atom stereocenters. The van der Waals surface area contributed by atoms with Crippen molar-refractivity contribution in [1.82, 2.24) is 4.98 Å². The van der Waals surface area contributed by atoms with Crippen LogP contribution in [0.25, 0.3) is 0 Å². The van der Waals surface area contributed by atoms with Gasteiger partial charge in [0.25, 0.3) is 5.91 Å². The van der Waals surface area contributed by atoms with Crippen LogP contribution in [0.5, 0.6) is 5.75 Å². The van der Waals surface area contributed by atoms with E-state index in [2.05, 4.69) is 10.3 Å². The quantitative estimate of drug-likeness (QED) is 0.752. The summed E-state index contributed by atoms with van der Waals surface area (Å²) in [6.07, 6.45) is 3.02. The van der Waals surface area contributed by atoms with Crippen molar-refractivity contribution in [2.24, 2.45) is 0 Å². The largest absolute Gasteiger partial charge is 0.508 e. The molecule has 4 N–H and O–H groups in total. The summed E-state index contributed by atoms with van der Waals surface area (Å²) in [6.45, 7) is 1.75. The molecule has 0 bridgehead atoms. The molecule has 1 aromatic carbocycles. The summed E-state index contributed by atoms with van der Waals surface area (Å²) >= 11 is 0. The first-order valence-electron chi connectivity index (χ1n) is 5.38. The number of rotatable bonds is 2. The first kappa shape index (κ1) is 11.9. The van der Waals surface area contributed by atoms with E-state index < -0.39 is 0 Å². The Balaban J connectivity index is 2.25. The van der Waals surface area contributed by atoms with Crippen LogP contribution in [0.15, 0.2) is 36.7 Å². The number of pyridine rings is 1. The first-order valence-corrected chi connectivity index (χ1v) is 5.38. The lowest BCUT2D eigenvalue weighted by atomic mass is 10.1. The Morgan fingerprint density at radius 2 is 2.17 bits per heavy atom. The van der Waals surface area contributed by atoms with Gasteiger partial charge in [-0.1, -0.05) is 0 Å². The van der Waals surface area contributed by atoms with Gasteiger partial charge < -0.3 is 16.2 Å². The number of carbonyl (C=O) groups is 1. The second kappa shape index (κ2) is 4.75. The van der Waals surface area contributed by atoms with E-state index in [0.29, 0.717) is 22.5 Å². The van der Waals surface area contributed by atoms with E-state index in [4.69, 9.17) is 5.73 Å². The van der Waals surface area contributed by atoms with Crippen LogP contribution in [0.2, 0.25) is 0 Å². The predicted octanol–water partition coefficient (Wildman–Crippen LogP) is 1.93. The van der Waals surface area contributed by atoms with Gasteiger partial charge in [-0.2, -0.15) is 0 Å². The Kier molecular flexibility index (Phi) is 3.14. The maximum Gasteiger partial charge on any atom is 0.255 e. The van der Waals surface area contributed by atoms with Gasteiger partial charge in [0.1, 0.15) is 5.75 Å². The molecule has 0 spiro atoms. The molecule has 18 heavy (non-hydrogen) atoms. The van der Waals surface area contributed by atoms with E-state index in [9.17, 15) is 9.90 Å². The van der Waals surface area contributed by atoms with Crippen molar-refractivity contribution < 1.29 is 9.90 Å². The highest BCUT2D eigenvalue weighted by atomic mass is 16.3. The third kappa shape index (κ3) is 2.40. The number of anilines is 2. The number of phenols is 1. The molecule has 0 saturated carbocycles. The number of hydrogen-bond acceptors (Lipinski definition) is 4. The summed E-state index contributed by atoms with van der Waals surface area (Å²) in [7, 11) is 0. The highest BCUT2D eigenvalue weighted by Crippen LogP contribution is 2.19. The molecule has 1 amide bonds. The molecule has 0 saturated heterocycles. The molecular formula is C13H13N3O2. The minimum Gasteiger partial charge on any atom is -0.508 e. The van der Waals surface area contributed by atoms with E-state index in [1.807, 2.05) is 0 Å². The second-order valence-corrected chi connectivity index (χ2v) is 3.92. The standard InChI is InChI=1S/C13H13N3O2/c1-8-6-9(17)2-3-10(8)13(18)16-12-4-5-15-7-11(12)14/h2-7,17H,14H2,1H3,(H,15,16,18). The Labute approximate surface area is 104 Å². The highest BCUT2D eigenvalue weighted by Gasteiger charge is 2.10. The van der Waals surface area contributed by atoms with Crippen molar-refractivity contribution in [2.75, 3.05) is 11.1 Å². The molecule has 2 aromatic rings. The minimum absolute atomic E-state index is 0.132. The number of benzene rings is 1. The maximum absolute atomic E-state index is 12.0. The van der Waals surface area contributed by atoms with Crippen LogP contribution in [0.3, 0.4) is 0 Å². The Hall–Kier alpha value is -2.56. The Bertz CT molecular complexity index is 597. The molecule has 0 aliphatic heterocycles. The number of nitrogens with two attached hydrogens (primary N) is 1. The average Bonchev–Trinajstić information content (AvgIpc) is 2.32. The van der Waals surface area contributed by atoms with Gasteiger partial charge >= 0.3 is 0 Å². The van der Waals surface area contributed by atoms with Crippen LogP contribution < -0.4 is 11.1 Å². The van der Waals surface area contributed by atoms with E-state index in [1.165, 1.54) is 18.3 Å². The normalized spacial score (nSPS) is 10.1. The summed E-state index contributed by atoms with van der Waals surface area (Å²) < 4.78 is 0. The van der Waals surface area contributed by atoms with Crippen LogP contribution in [0.1, 0.15) is 15.9 Å². The number of phenolic OH excluding ortho intramolecular Hbond substituents is 1. The number of aromatic hydroxyl groups is 1. The van der Waals surface area contributed by atoms with Crippen molar-refractivity contribution in [1.29, 1.82) is 0 Å². The zero-order chi connectivity index (χ0) is 13.1. The van der Waals surface area contributed by atoms with Gasteiger partial charge in [0.15, 0.2) is 0 Å². The lowest BCUT2D eigenvalue weighted by Gasteiger charge is -2.09. The van der Waals surface area contributed by atoms with Gasteiger partial charge in [0.2, 0.25) is 0 Å². The van der Waals surface area contributed by atoms with Crippen LogP contribution in [-0.4, -0.2) is 16.0 Å². The van der Waals surface area contributed by atoms with E-state index in [1.54, 1.807) is 25.3 Å². The minimum atomic E-state index is -0.273. The van der Waals surface area contributed by atoms with Gasteiger partial charge in [-0.15, -0.1) is 0 Å². The van der Waals surface area contributed by atoms with Crippen molar-refractivity contribution >= 4 is 17.3 Å². The maximum atomic E-state index is 12.0. The third-order valence-electron chi connectivity index (χ3n) is 2.55. The van der Waals surface area contributed by atoms with Crippen molar-refractivity contribution in [3.05, 3.63) is 47.8 Å². The molecule has 1 aromatic heterocycles. The Morgan fingerprint density at radius 1 is 1.39 bits per heavy atom. The molecule has 0 radical (unpaired) electrons. The monoisotopic (exact) mass is 243 g/mol. The predicted molar refractivity (Wildman–Crippen MR) is 69.4 cm³/mol. The van der Waals surface area contributed by atoms with Crippen LogP contribution >= 0.6 is 0 Å². The van der Waals surface area contributed by atoms with Gasteiger partial charge in [-0.3, -0.25) is 9.78 Å². The highest BCUT2D eigenvalue weighted by molar-refractivity contribution is 6.06. The molecule has 0 atom stereocenters. The lowest BCUT2D eigenvalue weighted by molar-refractivity contribution is 0.102. The topological polar surface area (TPSA) is 88.2 Å². The van der Waals surface area contributed by atoms with Crippen LogP contribution in [-0.2, 0) is 0 Å². The number of carbonyl (C=O) groups excluding carboxylic acids is 1. The average molecular weight is 243 g/mol. The summed E-state index contributed by atoms with van der Waals surface area (Å²) in [5.74, 6) is -0.141. The van der Waals surface area contributed by atoms with E-state index in [-0.39, 0.29) is 11.7 Å². The summed E-state index contributed by atoms with van der Waals surface area (Å²) in [6, 6.07) is 6.20. The number of aromatic nitrogens is 1. The fourth-order valence-electron chi connectivity index (χ4n) is 1.61. The van der Waals surface area contributed by atoms with Gasteiger partial charge in [-0.25, -0.2) is 0 Å². The number of nitrogens with zero attached hydrogens (tertiary/aromatic N) is 1. The van der Waals surface area contributed by atoms with Crippen LogP contribution in [0, 0.1) is 6.92 Å². The zero-order valence-electron chi connectivity index (χ0n) is 9.84. The number of hydrogen-bond donors (Lipinski definition) is 3. The number of amides is 1. The summed E-state index contributed by atoms with van der Waals surface area (Å²) in [5.41, 5.74) is 7.80. The fourth-order valence-corrected chi connectivity index (χ4v) is 1.61. The summed E-state index contributed by atoms with van der Waals surface area (Å²) in [4.78, 5) is 15.9.